The number of fused-ring (bicyclic) bond motifs is 1. The Morgan fingerprint density at radius 3 is 2.31 bits per heavy atom. The molecular formula is C21H23Cl2FN2. The van der Waals surface area contributed by atoms with Gasteiger partial charge in [0.15, 0.2) is 0 Å². The van der Waals surface area contributed by atoms with Crippen molar-refractivity contribution in [2.45, 2.75) is 33.7 Å². The van der Waals surface area contributed by atoms with Crippen LogP contribution in [0.3, 0.4) is 0 Å². The van der Waals surface area contributed by atoms with Crippen molar-refractivity contribution in [3.05, 3.63) is 58.0 Å². The third kappa shape index (κ3) is 3.90. The molecule has 1 aromatic heterocycles. The summed E-state index contributed by atoms with van der Waals surface area (Å²) in [5.74, 6) is -0.438. The Hall–Kier alpha value is -1.55. The fourth-order valence-corrected chi connectivity index (χ4v) is 4.06. The van der Waals surface area contributed by atoms with Crippen LogP contribution >= 0.6 is 23.2 Å². The number of halogens is 3. The number of benzene rings is 2. The Morgan fingerprint density at radius 2 is 1.73 bits per heavy atom. The smallest absolute Gasteiger partial charge is 0.126 e. The molecule has 3 rings (SSSR count). The number of aromatic nitrogens is 1. The maximum atomic E-state index is 13.5. The van der Waals surface area contributed by atoms with Crippen LogP contribution in [0.2, 0.25) is 10.0 Å². The van der Waals surface area contributed by atoms with E-state index in [4.69, 9.17) is 28.9 Å². The zero-order chi connectivity index (χ0) is 19.1. The third-order valence-corrected chi connectivity index (χ3v) is 4.95. The molecule has 0 spiro atoms. The minimum absolute atomic E-state index is 0.156. The maximum absolute atomic E-state index is 13.5. The van der Waals surface area contributed by atoms with Crippen molar-refractivity contribution in [2.24, 2.45) is 11.1 Å². The zero-order valence-corrected chi connectivity index (χ0v) is 16.8. The van der Waals surface area contributed by atoms with Gasteiger partial charge in [0.05, 0.1) is 10.0 Å². The van der Waals surface area contributed by atoms with Gasteiger partial charge in [-0.3, -0.25) is 0 Å². The number of hydrogen-bond acceptors (Lipinski definition) is 1. The van der Waals surface area contributed by atoms with E-state index in [1.54, 1.807) is 0 Å². The average Bonchev–Trinajstić information content (AvgIpc) is 2.82. The number of nitrogens with zero attached hydrogens (tertiary/aromatic N) is 1. The molecule has 0 radical (unpaired) electrons. The van der Waals surface area contributed by atoms with Gasteiger partial charge in [0.25, 0.3) is 0 Å². The lowest BCUT2D eigenvalue weighted by atomic mass is 9.87. The molecule has 1 heterocycles. The van der Waals surface area contributed by atoms with Crippen LogP contribution in [-0.2, 0) is 13.0 Å². The van der Waals surface area contributed by atoms with Crippen molar-refractivity contribution >= 4 is 34.1 Å². The van der Waals surface area contributed by atoms with Gasteiger partial charge in [0.2, 0.25) is 0 Å². The highest BCUT2D eigenvalue weighted by molar-refractivity contribution is 6.39. The van der Waals surface area contributed by atoms with E-state index in [1.807, 2.05) is 6.07 Å². The fraction of sp³-hybridized carbons (Fsp3) is 0.333. The molecule has 0 saturated carbocycles. The average molecular weight is 393 g/mol. The van der Waals surface area contributed by atoms with Crippen LogP contribution in [0, 0.1) is 11.2 Å². The molecule has 2 N–H and O–H groups in total. The zero-order valence-electron chi connectivity index (χ0n) is 15.2. The summed E-state index contributed by atoms with van der Waals surface area (Å²) in [5.41, 5.74) is 9.86. The summed E-state index contributed by atoms with van der Waals surface area (Å²) in [6.45, 7) is 8.00. The summed E-state index contributed by atoms with van der Waals surface area (Å²) < 4.78 is 15.7. The summed E-state index contributed by atoms with van der Waals surface area (Å²) in [6, 6.07) is 8.71. The molecule has 0 amide bonds. The first kappa shape index (κ1) is 19.2. The van der Waals surface area contributed by atoms with Gasteiger partial charge in [-0.05, 0) is 47.2 Å². The summed E-state index contributed by atoms with van der Waals surface area (Å²) >= 11 is 12.6. The van der Waals surface area contributed by atoms with E-state index in [2.05, 4.69) is 43.7 Å². The Morgan fingerprint density at radius 1 is 1.08 bits per heavy atom. The monoisotopic (exact) mass is 392 g/mol. The largest absolute Gasteiger partial charge is 0.346 e. The highest BCUT2D eigenvalue weighted by Gasteiger charge is 2.18. The number of nitrogens with two attached hydrogens (primary N) is 1. The molecule has 0 bridgehead atoms. The van der Waals surface area contributed by atoms with E-state index in [0.717, 1.165) is 29.4 Å². The van der Waals surface area contributed by atoms with Crippen LogP contribution in [0.15, 0.2) is 36.5 Å². The number of hydrogen-bond donors (Lipinski definition) is 1. The molecule has 0 aliphatic rings. The molecule has 0 aliphatic carbocycles. The van der Waals surface area contributed by atoms with Gasteiger partial charge in [-0.1, -0.05) is 50.0 Å². The van der Waals surface area contributed by atoms with Crippen molar-refractivity contribution in [3.8, 4) is 11.1 Å². The molecule has 0 unspecified atom stereocenters. The van der Waals surface area contributed by atoms with Crippen molar-refractivity contribution < 1.29 is 4.39 Å². The lowest BCUT2D eigenvalue weighted by Crippen LogP contribution is -2.10. The Kier molecular flexibility index (Phi) is 5.34. The van der Waals surface area contributed by atoms with Gasteiger partial charge in [-0.2, -0.15) is 0 Å². The predicted octanol–water partition coefficient (Wildman–Crippen LogP) is 6.30. The summed E-state index contributed by atoms with van der Waals surface area (Å²) in [6.07, 6.45) is 3.12. The summed E-state index contributed by atoms with van der Waals surface area (Å²) in [5, 5.41) is 1.78. The third-order valence-electron chi connectivity index (χ3n) is 4.35. The molecule has 26 heavy (non-hydrogen) atoms. The van der Waals surface area contributed by atoms with Crippen LogP contribution in [-0.4, -0.2) is 11.1 Å². The Bertz CT molecular complexity index is 932. The molecule has 0 saturated heterocycles. The normalized spacial score (nSPS) is 12.1. The van der Waals surface area contributed by atoms with E-state index in [0.29, 0.717) is 22.2 Å². The molecule has 0 atom stereocenters. The second-order valence-electron chi connectivity index (χ2n) is 7.85. The van der Waals surface area contributed by atoms with Crippen molar-refractivity contribution in [1.82, 2.24) is 4.57 Å². The van der Waals surface area contributed by atoms with E-state index in [9.17, 15) is 4.39 Å². The van der Waals surface area contributed by atoms with E-state index < -0.39 is 5.82 Å². The molecule has 2 nitrogen and oxygen atoms in total. The SMILES string of the molecule is CC(C)(C)Cc1cn(CCN)c2ccc(-c3c(Cl)cc(F)cc3Cl)cc12. The lowest BCUT2D eigenvalue weighted by Gasteiger charge is -2.17. The first-order chi connectivity index (χ1) is 12.2. The Labute approximate surface area is 163 Å². The highest BCUT2D eigenvalue weighted by atomic mass is 35.5. The first-order valence-corrected chi connectivity index (χ1v) is 9.42. The lowest BCUT2D eigenvalue weighted by molar-refractivity contribution is 0.412. The van der Waals surface area contributed by atoms with Crippen molar-refractivity contribution in [3.63, 3.8) is 0 Å². The van der Waals surface area contributed by atoms with Crippen LogP contribution in [0.1, 0.15) is 26.3 Å². The van der Waals surface area contributed by atoms with Crippen LogP contribution < -0.4 is 5.73 Å². The van der Waals surface area contributed by atoms with Crippen LogP contribution in [0.25, 0.3) is 22.0 Å². The molecule has 138 valence electrons. The van der Waals surface area contributed by atoms with E-state index >= 15 is 0 Å². The standard InChI is InChI=1S/C21H23Cl2FN2/c1-21(2,3)11-14-12-26(7-6-25)19-5-4-13(8-16(14)19)20-17(22)9-15(24)10-18(20)23/h4-5,8-10,12H,6-7,11,25H2,1-3H3. The topological polar surface area (TPSA) is 30.9 Å². The van der Waals surface area contributed by atoms with Crippen molar-refractivity contribution in [2.75, 3.05) is 6.54 Å². The summed E-state index contributed by atoms with van der Waals surface area (Å²) in [7, 11) is 0. The van der Waals surface area contributed by atoms with Gasteiger partial charge >= 0.3 is 0 Å². The van der Waals surface area contributed by atoms with Crippen LogP contribution in [0.5, 0.6) is 0 Å². The van der Waals surface area contributed by atoms with Gasteiger partial charge in [-0.15, -0.1) is 0 Å². The van der Waals surface area contributed by atoms with Gasteiger partial charge < -0.3 is 10.3 Å². The predicted molar refractivity (Wildman–Crippen MR) is 110 cm³/mol. The first-order valence-electron chi connectivity index (χ1n) is 8.66. The molecule has 0 aliphatic heterocycles. The molecule has 5 heteroatoms. The molecular weight excluding hydrogens is 370 g/mol. The Balaban J connectivity index is 2.20. The minimum atomic E-state index is -0.438. The second kappa shape index (κ2) is 7.22. The minimum Gasteiger partial charge on any atom is -0.346 e. The molecule has 0 fully saturated rings. The van der Waals surface area contributed by atoms with Gasteiger partial charge in [0.1, 0.15) is 5.82 Å². The van der Waals surface area contributed by atoms with Gasteiger partial charge in [-0.25, -0.2) is 4.39 Å². The quantitative estimate of drug-likeness (QED) is 0.554. The van der Waals surface area contributed by atoms with E-state index in [-0.39, 0.29) is 5.41 Å². The highest BCUT2D eigenvalue weighted by Crippen LogP contribution is 2.38. The fourth-order valence-electron chi connectivity index (χ4n) is 3.38. The van der Waals surface area contributed by atoms with Gasteiger partial charge in [0, 0.05) is 35.8 Å². The van der Waals surface area contributed by atoms with Crippen molar-refractivity contribution in [1.29, 1.82) is 0 Å². The molecule has 3 aromatic rings. The molecule has 2 aromatic carbocycles. The number of rotatable bonds is 4. The second-order valence-corrected chi connectivity index (χ2v) is 8.66. The van der Waals surface area contributed by atoms with Crippen LogP contribution in [0.4, 0.5) is 4.39 Å². The maximum Gasteiger partial charge on any atom is 0.126 e. The summed E-state index contributed by atoms with van der Waals surface area (Å²) in [4.78, 5) is 0. The van der Waals surface area contributed by atoms with E-state index in [1.165, 1.54) is 17.7 Å².